The summed E-state index contributed by atoms with van der Waals surface area (Å²) in [5.41, 5.74) is 2.77. The summed E-state index contributed by atoms with van der Waals surface area (Å²) in [5, 5.41) is 4.78. The van der Waals surface area contributed by atoms with Crippen molar-refractivity contribution < 1.29 is 13.9 Å². The molecule has 8 heteroatoms. The van der Waals surface area contributed by atoms with E-state index in [1.165, 1.54) is 17.8 Å². The van der Waals surface area contributed by atoms with Crippen molar-refractivity contribution in [1.29, 1.82) is 0 Å². The zero-order valence-electron chi connectivity index (χ0n) is 22.2. The SMILES string of the molecule is CCCCC(CC)CN1C(=O)/C(=C\c2cn(-c3ccccc3)nc2-c2ccc(OCCC)c(F)c2)SC1=S. The highest BCUT2D eigenvalue weighted by molar-refractivity contribution is 8.26. The molecular weight excluding hydrogens is 517 g/mol. The Hall–Kier alpha value is -2.97. The van der Waals surface area contributed by atoms with Gasteiger partial charge in [-0.1, -0.05) is 82.2 Å². The van der Waals surface area contributed by atoms with Gasteiger partial charge in [-0.2, -0.15) is 5.10 Å². The number of unbranched alkanes of at least 4 members (excludes halogenated alkanes) is 1. The molecule has 1 saturated heterocycles. The van der Waals surface area contributed by atoms with Crippen molar-refractivity contribution in [2.75, 3.05) is 13.2 Å². The minimum atomic E-state index is -0.444. The zero-order chi connectivity index (χ0) is 27.1. The third-order valence-electron chi connectivity index (χ3n) is 6.57. The number of hydrogen-bond acceptors (Lipinski definition) is 5. The minimum absolute atomic E-state index is 0.0807. The number of halogens is 1. The molecule has 0 aliphatic carbocycles. The molecule has 200 valence electrons. The van der Waals surface area contributed by atoms with Crippen molar-refractivity contribution in [1.82, 2.24) is 14.7 Å². The van der Waals surface area contributed by atoms with Gasteiger partial charge in [0.05, 0.1) is 17.2 Å². The monoisotopic (exact) mass is 551 g/mol. The average molecular weight is 552 g/mol. The number of carbonyl (C=O) groups excluding carboxylic acids is 1. The molecule has 1 aliphatic rings. The number of nitrogens with zero attached hydrogens (tertiary/aromatic N) is 3. The molecule has 38 heavy (non-hydrogen) atoms. The van der Waals surface area contributed by atoms with Gasteiger partial charge in [-0.15, -0.1) is 0 Å². The molecule has 1 fully saturated rings. The van der Waals surface area contributed by atoms with Gasteiger partial charge in [0, 0.05) is 23.9 Å². The van der Waals surface area contributed by atoms with Crippen LogP contribution < -0.4 is 4.74 Å². The summed E-state index contributed by atoms with van der Waals surface area (Å²) in [4.78, 5) is 15.7. The molecular formula is C30H34FN3O2S2. The van der Waals surface area contributed by atoms with E-state index in [0.717, 1.165) is 37.8 Å². The van der Waals surface area contributed by atoms with Gasteiger partial charge in [0.15, 0.2) is 11.6 Å². The summed E-state index contributed by atoms with van der Waals surface area (Å²) in [6.45, 7) is 7.41. The fraction of sp³-hybridized carbons (Fsp3) is 0.367. The lowest BCUT2D eigenvalue weighted by Gasteiger charge is -2.21. The van der Waals surface area contributed by atoms with Crippen molar-refractivity contribution in [2.45, 2.75) is 52.9 Å². The Balaban J connectivity index is 1.69. The molecule has 2 heterocycles. The highest BCUT2D eigenvalue weighted by Gasteiger charge is 2.33. The summed E-state index contributed by atoms with van der Waals surface area (Å²) < 4.78 is 22.7. The van der Waals surface area contributed by atoms with Crippen LogP contribution in [0.1, 0.15) is 58.4 Å². The van der Waals surface area contributed by atoms with Crippen LogP contribution in [0.3, 0.4) is 0 Å². The van der Waals surface area contributed by atoms with E-state index >= 15 is 0 Å². The number of rotatable bonds is 12. The van der Waals surface area contributed by atoms with Crippen LogP contribution in [0, 0.1) is 11.7 Å². The molecule has 0 bridgehead atoms. The summed E-state index contributed by atoms with van der Waals surface area (Å²) >= 11 is 6.92. The molecule has 1 amide bonds. The van der Waals surface area contributed by atoms with E-state index in [2.05, 4.69) is 13.8 Å². The Morgan fingerprint density at radius 3 is 2.61 bits per heavy atom. The fourth-order valence-corrected chi connectivity index (χ4v) is 5.65. The molecule has 2 aromatic carbocycles. The average Bonchev–Trinajstić information content (AvgIpc) is 3.46. The van der Waals surface area contributed by atoms with Gasteiger partial charge in [0.2, 0.25) is 0 Å². The Kier molecular flexibility index (Phi) is 9.74. The van der Waals surface area contributed by atoms with Crippen molar-refractivity contribution in [3.63, 3.8) is 0 Å². The van der Waals surface area contributed by atoms with Gasteiger partial charge in [-0.05, 0) is 55.2 Å². The Labute approximate surface area is 234 Å². The summed E-state index contributed by atoms with van der Waals surface area (Å²) in [6.07, 6.45) is 8.86. The summed E-state index contributed by atoms with van der Waals surface area (Å²) in [6, 6.07) is 14.6. The van der Waals surface area contributed by atoms with E-state index in [1.54, 1.807) is 21.7 Å². The maximum Gasteiger partial charge on any atom is 0.266 e. The van der Waals surface area contributed by atoms with E-state index in [9.17, 15) is 9.18 Å². The molecule has 4 rings (SSSR count). The molecule has 0 spiro atoms. The first kappa shape index (κ1) is 28.0. The first-order valence-electron chi connectivity index (χ1n) is 13.3. The third kappa shape index (κ3) is 6.53. The van der Waals surface area contributed by atoms with E-state index in [4.69, 9.17) is 22.1 Å². The molecule has 5 nitrogen and oxygen atoms in total. The predicted octanol–water partition coefficient (Wildman–Crippen LogP) is 7.88. The molecule has 1 unspecified atom stereocenters. The number of amides is 1. The lowest BCUT2D eigenvalue weighted by atomic mass is 9.99. The van der Waals surface area contributed by atoms with Crippen LogP contribution in [-0.2, 0) is 4.79 Å². The molecule has 3 aromatic rings. The van der Waals surface area contributed by atoms with Gasteiger partial charge < -0.3 is 4.74 Å². The molecule has 1 aliphatic heterocycles. The van der Waals surface area contributed by atoms with Crippen LogP contribution in [-0.4, -0.2) is 38.1 Å². The van der Waals surface area contributed by atoms with Gasteiger partial charge >= 0.3 is 0 Å². The smallest absolute Gasteiger partial charge is 0.266 e. The second-order valence-corrected chi connectivity index (χ2v) is 11.1. The van der Waals surface area contributed by atoms with Crippen LogP contribution in [0.15, 0.2) is 59.6 Å². The Morgan fingerprint density at radius 1 is 1.13 bits per heavy atom. The number of carbonyl (C=O) groups is 1. The number of thiocarbonyl (C=S) groups is 1. The third-order valence-corrected chi connectivity index (χ3v) is 7.95. The number of ether oxygens (including phenoxy) is 1. The first-order chi connectivity index (χ1) is 18.4. The topological polar surface area (TPSA) is 47.4 Å². The van der Waals surface area contributed by atoms with Gasteiger partial charge in [-0.3, -0.25) is 9.69 Å². The molecule has 1 aromatic heterocycles. The first-order valence-corrected chi connectivity index (χ1v) is 14.5. The van der Waals surface area contributed by atoms with Crippen molar-refractivity contribution in [3.05, 3.63) is 71.0 Å². The fourth-order valence-electron chi connectivity index (χ4n) is 4.38. The van der Waals surface area contributed by atoms with Crippen molar-refractivity contribution in [2.24, 2.45) is 5.92 Å². The van der Waals surface area contributed by atoms with Gasteiger partial charge in [0.25, 0.3) is 5.91 Å². The van der Waals surface area contributed by atoms with Crippen molar-refractivity contribution >= 4 is 40.3 Å². The van der Waals surface area contributed by atoms with E-state index in [1.807, 2.05) is 49.5 Å². The predicted molar refractivity (Wildman–Crippen MR) is 158 cm³/mol. The molecule has 0 saturated carbocycles. The maximum atomic E-state index is 14.9. The van der Waals surface area contributed by atoms with Crippen LogP contribution in [0.5, 0.6) is 5.75 Å². The van der Waals surface area contributed by atoms with Gasteiger partial charge in [-0.25, -0.2) is 9.07 Å². The van der Waals surface area contributed by atoms with Crippen LogP contribution >= 0.6 is 24.0 Å². The zero-order valence-corrected chi connectivity index (χ0v) is 23.8. The number of aromatic nitrogens is 2. The maximum absolute atomic E-state index is 14.9. The molecule has 0 radical (unpaired) electrons. The summed E-state index contributed by atoms with van der Waals surface area (Å²) in [7, 11) is 0. The normalized spacial score (nSPS) is 15.5. The molecule has 0 N–H and O–H groups in total. The quantitative estimate of drug-likeness (QED) is 0.169. The summed E-state index contributed by atoms with van der Waals surface area (Å²) in [5.74, 6) is 0.113. The molecule has 1 atom stereocenters. The van der Waals surface area contributed by atoms with Crippen LogP contribution in [0.4, 0.5) is 4.39 Å². The standard InChI is InChI=1S/C30H34FN3O2S2/c1-4-7-11-21(6-3)19-33-29(35)27(38-30(33)37)18-23-20-34(24-12-9-8-10-13-24)32-28(23)22-14-15-26(25(31)17-22)36-16-5-2/h8-10,12-15,17-18,20-21H,4-7,11,16,19H2,1-3H3/b27-18+. The highest BCUT2D eigenvalue weighted by Crippen LogP contribution is 2.36. The second-order valence-electron chi connectivity index (χ2n) is 9.42. The second kappa shape index (κ2) is 13.2. The Bertz CT molecular complexity index is 1310. The van der Waals surface area contributed by atoms with Gasteiger partial charge in [0.1, 0.15) is 10.0 Å². The van der Waals surface area contributed by atoms with E-state index in [-0.39, 0.29) is 11.7 Å². The number of benzene rings is 2. The van der Waals surface area contributed by atoms with E-state index < -0.39 is 5.82 Å². The lowest BCUT2D eigenvalue weighted by Crippen LogP contribution is -2.33. The van der Waals surface area contributed by atoms with Crippen LogP contribution in [0.2, 0.25) is 0 Å². The number of hydrogen-bond donors (Lipinski definition) is 0. The van der Waals surface area contributed by atoms with Crippen molar-refractivity contribution in [3.8, 4) is 22.7 Å². The van der Waals surface area contributed by atoms with E-state index in [0.29, 0.717) is 45.1 Å². The number of thioether (sulfide) groups is 1. The lowest BCUT2D eigenvalue weighted by molar-refractivity contribution is -0.122. The number of para-hydroxylation sites is 1. The minimum Gasteiger partial charge on any atom is -0.491 e. The van der Waals surface area contributed by atoms with Crippen LogP contribution in [0.25, 0.3) is 23.0 Å². The highest BCUT2D eigenvalue weighted by atomic mass is 32.2. The Morgan fingerprint density at radius 2 is 1.92 bits per heavy atom. The largest absolute Gasteiger partial charge is 0.491 e.